The quantitative estimate of drug-likeness (QED) is 0.905. The first kappa shape index (κ1) is 15.7. The summed E-state index contributed by atoms with van der Waals surface area (Å²) < 4.78 is 0. The molecule has 120 valence electrons. The minimum absolute atomic E-state index is 0.121. The molecule has 0 aliphatic heterocycles. The van der Waals surface area contributed by atoms with E-state index in [4.69, 9.17) is 0 Å². The Morgan fingerprint density at radius 1 is 1.17 bits per heavy atom. The standard InChI is InChI=1S/C19H22N2O2/c1-14-4-5-16(15-6-10-20-11-7-15)12-17(14)21-18(22)13-19(23)8-2-3-9-19/h4-7,10-12,23H,2-3,8-9,13H2,1H3,(H,21,22). The normalized spacial score (nSPS) is 16.3. The number of benzene rings is 1. The highest BCUT2D eigenvalue weighted by Gasteiger charge is 2.33. The second kappa shape index (κ2) is 6.50. The molecule has 2 N–H and O–H groups in total. The third-order valence-corrected chi connectivity index (χ3v) is 4.55. The summed E-state index contributed by atoms with van der Waals surface area (Å²) in [7, 11) is 0. The van der Waals surface area contributed by atoms with Crippen LogP contribution in [0.1, 0.15) is 37.7 Å². The van der Waals surface area contributed by atoms with E-state index in [9.17, 15) is 9.90 Å². The van der Waals surface area contributed by atoms with Crippen molar-refractivity contribution in [3.63, 3.8) is 0 Å². The van der Waals surface area contributed by atoms with Crippen LogP contribution < -0.4 is 5.32 Å². The van der Waals surface area contributed by atoms with Gasteiger partial charge in [0.25, 0.3) is 0 Å². The van der Waals surface area contributed by atoms with E-state index in [1.54, 1.807) is 12.4 Å². The monoisotopic (exact) mass is 310 g/mol. The Hall–Kier alpha value is -2.20. The minimum atomic E-state index is -0.819. The number of nitrogens with one attached hydrogen (secondary N) is 1. The van der Waals surface area contributed by atoms with Crippen LogP contribution in [0.4, 0.5) is 5.69 Å². The molecule has 0 spiro atoms. The Morgan fingerprint density at radius 2 is 1.87 bits per heavy atom. The van der Waals surface area contributed by atoms with Crippen molar-refractivity contribution < 1.29 is 9.90 Å². The van der Waals surface area contributed by atoms with Crippen LogP contribution in [0.3, 0.4) is 0 Å². The molecule has 1 heterocycles. The summed E-state index contributed by atoms with van der Waals surface area (Å²) in [5.41, 5.74) is 3.08. The van der Waals surface area contributed by atoms with E-state index < -0.39 is 5.60 Å². The molecule has 1 aromatic carbocycles. The summed E-state index contributed by atoms with van der Waals surface area (Å²) in [6.07, 6.45) is 7.12. The Morgan fingerprint density at radius 3 is 2.57 bits per heavy atom. The van der Waals surface area contributed by atoms with Gasteiger partial charge in [-0.1, -0.05) is 25.0 Å². The van der Waals surface area contributed by atoms with Crippen LogP contribution in [-0.2, 0) is 4.79 Å². The lowest BCUT2D eigenvalue weighted by molar-refractivity contribution is -0.120. The van der Waals surface area contributed by atoms with Gasteiger partial charge in [0, 0.05) is 18.1 Å². The number of nitrogens with zero attached hydrogens (tertiary/aromatic N) is 1. The molecule has 0 unspecified atom stereocenters. The zero-order valence-corrected chi connectivity index (χ0v) is 13.4. The zero-order valence-electron chi connectivity index (χ0n) is 13.4. The van der Waals surface area contributed by atoms with Crippen molar-refractivity contribution in [1.29, 1.82) is 0 Å². The molecule has 0 atom stereocenters. The first-order valence-corrected chi connectivity index (χ1v) is 8.09. The van der Waals surface area contributed by atoms with E-state index in [1.807, 2.05) is 37.3 Å². The molecule has 2 aromatic rings. The summed E-state index contributed by atoms with van der Waals surface area (Å²) in [4.78, 5) is 16.3. The number of carbonyl (C=O) groups is 1. The first-order valence-electron chi connectivity index (χ1n) is 8.09. The van der Waals surface area contributed by atoms with E-state index in [-0.39, 0.29) is 12.3 Å². The fraction of sp³-hybridized carbons (Fsp3) is 0.368. The van der Waals surface area contributed by atoms with Crippen LogP contribution >= 0.6 is 0 Å². The summed E-state index contributed by atoms with van der Waals surface area (Å²) in [6, 6.07) is 9.89. The molecule has 23 heavy (non-hydrogen) atoms. The van der Waals surface area contributed by atoms with Gasteiger partial charge in [-0.15, -0.1) is 0 Å². The molecule has 0 saturated heterocycles. The molecule has 4 heteroatoms. The molecule has 1 aromatic heterocycles. The van der Waals surface area contributed by atoms with Crippen molar-refractivity contribution in [3.8, 4) is 11.1 Å². The average molecular weight is 310 g/mol. The molecule has 1 saturated carbocycles. The minimum Gasteiger partial charge on any atom is -0.389 e. The summed E-state index contributed by atoms with van der Waals surface area (Å²) in [5, 5.41) is 13.3. The first-order chi connectivity index (χ1) is 11.1. The number of anilines is 1. The van der Waals surface area contributed by atoms with Crippen LogP contribution in [0.5, 0.6) is 0 Å². The summed E-state index contributed by atoms with van der Waals surface area (Å²) in [6.45, 7) is 1.97. The number of hydrogen-bond donors (Lipinski definition) is 2. The van der Waals surface area contributed by atoms with Crippen molar-refractivity contribution >= 4 is 11.6 Å². The molecule has 0 radical (unpaired) electrons. The summed E-state index contributed by atoms with van der Waals surface area (Å²) in [5.74, 6) is -0.121. The van der Waals surface area contributed by atoms with Crippen LogP contribution in [0, 0.1) is 6.92 Å². The molecular formula is C19H22N2O2. The summed E-state index contributed by atoms with van der Waals surface area (Å²) >= 11 is 0. The lowest BCUT2D eigenvalue weighted by Gasteiger charge is -2.21. The van der Waals surface area contributed by atoms with Gasteiger partial charge in [-0.3, -0.25) is 9.78 Å². The van der Waals surface area contributed by atoms with Gasteiger partial charge in [0.15, 0.2) is 0 Å². The number of hydrogen-bond acceptors (Lipinski definition) is 3. The van der Waals surface area contributed by atoms with E-state index >= 15 is 0 Å². The maximum atomic E-state index is 12.3. The van der Waals surface area contributed by atoms with Crippen LogP contribution in [0.15, 0.2) is 42.7 Å². The number of amides is 1. The Kier molecular flexibility index (Phi) is 4.44. The van der Waals surface area contributed by atoms with E-state index in [1.165, 1.54) is 0 Å². The number of aliphatic hydroxyl groups is 1. The Bertz CT molecular complexity index is 692. The maximum Gasteiger partial charge on any atom is 0.227 e. The average Bonchev–Trinajstić information content (AvgIpc) is 2.96. The molecule has 3 rings (SSSR count). The number of carbonyl (C=O) groups excluding carboxylic acids is 1. The smallest absolute Gasteiger partial charge is 0.227 e. The second-order valence-electron chi connectivity index (χ2n) is 6.42. The third-order valence-electron chi connectivity index (χ3n) is 4.55. The van der Waals surface area contributed by atoms with E-state index in [2.05, 4.69) is 10.3 Å². The molecule has 1 fully saturated rings. The highest BCUT2D eigenvalue weighted by Crippen LogP contribution is 2.33. The Labute approximate surface area is 136 Å². The van der Waals surface area contributed by atoms with Gasteiger partial charge in [0.05, 0.1) is 12.0 Å². The molecule has 1 aliphatic carbocycles. The zero-order chi connectivity index (χ0) is 16.3. The lowest BCUT2D eigenvalue weighted by atomic mass is 9.97. The van der Waals surface area contributed by atoms with Gasteiger partial charge in [-0.05, 0) is 54.7 Å². The van der Waals surface area contributed by atoms with Gasteiger partial charge < -0.3 is 10.4 Å². The topological polar surface area (TPSA) is 62.2 Å². The number of aryl methyl sites for hydroxylation is 1. The van der Waals surface area contributed by atoms with Crippen LogP contribution in [0.2, 0.25) is 0 Å². The fourth-order valence-corrected chi connectivity index (χ4v) is 3.18. The second-order valence-corrected chi connectivity index (χ2v) is 6.42. The van der Waals surface area contributed by atoms with Crippen molar-refractivity contribution in [2.45, 2.75) is 44.6 Å². The van der Waals surface area contributed by atoms with Crippen LogP contribution in [-0.4, -0.2) is 21.6 Å². The predicted molar refractivity (Wildman–Crippen MR) is 91.1 cm³/mol. The fourth-order valence-electron chi connectivity index (χ4n) is 3.18. The molecule has 1 aliphatic rings. The van der Waals surface area contributed by atoms with Crippen molar-refractivity contribution in [2.75, 3.05) is 5.32 Å². The molecule has 4 nitrogen and oxygen atoms in total. The van der Waals surface area contributed by atoms with Crippen molar-refractivity contribution in [2.24, 2.45) is 0 Å². The molecule has 0 bridgehead atoms. The highest BCUT2D eigenvalue weighted by molar-refractivity contribution is 5.93. The molecular weight excluding hydrogens is 288 g/mol. The van der Waals surface area contributed by atoms with Crippen molar-refractivity contribution in [1.82, 2.24) is 4.98 Å². The number of aromatic nitrogens is 1. The van der Waals surface area contributed by atoms with E-state index in [0.29, 0.717) is 0 Å². The number of rotatable bonds is 4. The lowest BCUT2D eigenvalue weighted by Crippen LogP contribution is -2.30. The largest absolute Gasteiger partial charge is 0.389 e. The SMILES string of the molecule is Cc1ccc(-c2ccncc2)cc1NC(=O)CC1(O)CCCC1. The van der Waals surface area contributed by atoms with Gasteiger partial charge in [-0.25, -0.2) is 0 Å². The third kappa shape index (κ3) is 3.77. The number of pyridine rings is 1. The van der Waals surface area contributed by atoms with Gasteiger partial charge in [0.2, 0.25) is 5.91 Å². The van der Waals surface area contributed by atoms with Gasteiger partial charge >= 0.3 is 0 Å². The van der Waals surface area contributed by atoms with Gasteiger partial charge in [0.1, 0.15) is 0 Å². The van der Waals surface area contributed by atoms with Gasteiger partial charge in [-0.2, -0.15) is 0 Å². The predicted octanol–water partition coefficient (Wildman–Crippen LogP) is 3.69. The van der Waals surface area contributed by atoms with Crippen molar-refractivity contribution in [3.05, 3.63) is 48.3 Å². The highest BCUT2D eigenvalue weighted by atomic mass is 16.3. The molecule has 1 amide bonds. The Balaban J connectivity index is 1.76. The van der Waals surface area contributed by atoms with E-state index in [0.717, 1.165) is 48.1 Å². The van der Waals surface area contributed by atoms with Crippen LogP contribution in [0.25, 0.3) is 11.1 Å². The maximum absolute atomic E-state index is 12.3.